The van der Waals surface area contributed by atoms with E-state index in [2.05, 4.69) is 5.32 Å². The second-order valence-electron chi connectivity index (χ2n) is 5.06. The summed E-state index contributed by atoms with van der Waals surface area (Å²) in [6, 6.07) is 4.41. The molecule has 0 aliphatic rings. The van der Waals surface area contributed by atoms with Gasteiger partial charge in [0.05, 0.1) is 11.5 Å². The first-order valence-electron chi connectivity index (χ1n) is 6.78. The molecule has 0 aliphatic heterocycles. The van der Waals surface area contributed by atoms with E-state index >= 15 is 0 Å². The van der Waals surface area contributed by atoms with E-state index in [-0.39, 0.29) is 24.2 Å². The number of likely N-dealkylation sites (N-methyl/N-ethyl adjacent to an activating group) is 1. The predicted molar refractivity (Wildman–Crippen MR) is 82.3 cm³/mol. The summed E-state index contributed by atoms with van der Waals surface area (Å²) >= 11 is 6.07. The molecular formula is C14H20ClN3O3. The molecule has 0 spiro atoms. The summed E-state index contributed by atoms with van der Waals surface area (Å²) in [6.07, 6.45) is 0. The number of nitrogens with one attached hydrogen (secondary N) is 1. The number of hydrogen-bond donors (Lipinski definition) is 1. The van der Waals surface area contributed by atoms with Crippen LogP contribution in [0.25, 0.3) is 0 Å². The molecule has 1 rings (SSSR count). The van der Waals surface area contributed by atoms with Crippen molar-refractivity contribution in [1.29, 1.82) is 0 Å². The maximum absolute atomic E-state index is 11.8. The Labute approximate surface area is 129 Å². The standard InChI is InChI=1S/C14H20ClN3O3/c1-4-17(9-14(19)16-10(2)3)8-11-7-12(18(20)21)5-6-13(11)15/h5-7,10H,4,8-9H2,1-3H3,(H,16,19). The van der Waals surface area contributed by atoms with Crippen molar-refractivity contribution in [3.05, 3.63) is 38.9 Å². The predicted octanol–water partition coefficient (Wildman–Crippen LogP) is 2.59. The van der Waals surface area contributed by atoms with Crippen molar-refractivity contribution in [2.75, 3.05) is 13.1 Å². The highest BCUT2D eigenvalue weighted by Gasteiger charge is 2.15. The van der Waals surface area contributed by atoms with Gasteiger partial charge in [0.25, 0.3) is 5.69 Å². The average Bonchev–Trinajstić information content (AvgIpc) is 2.38. The van der Waals surface area contributed by atoms with Crippen molar-refractivity contribution in [3.63, 3.8) is 0 Å². The molecule has 21 heavy (non-hydrogen) atoms. The van der Waals surface area contributed by atoms with Crippen LogP contribution < -0.4 is 5.32 Å². The molecule has 1 amide bonds. The van der Waals surface area contributed by atoms with Crippen molar-refractivity contribution < 1.29 is 9.72 Å². The number of non-ortho nitro benzene ring substituents is 1. The molecule has 0 fully saturated rings. The van der Waals surface area contributed by atoms with Crippen LogP contribution in [0.2, 0.25) is 5.02 Å². The number of hydrogen-bond acceptors (Lipinski definition) is 4. The number of nitrogens with zero attached hydrogens (tertiary/aromatic N) is 2. The summed E-state index contributed by atoms with van der Waals surface area (Å²) in [7, 11) is 0. The average molecular weight is 314 g/mol. The van der Waals surface area contributed by atoms with Crippen LogP contribution in [0.1, 0.15) is 26.3 Å². The Kier molecular flexibility index (Phi) is 6.58. The maximum atomic E-state index is 11.8. The van der Waals surface area contributed by atoms with Crippen LogP contribution >= 0.6 is 11.6 Å². The number of carbonyl (C=O) groups excluding carboxylic acids is 1. The summed E-state index contributed by atoms with van der Waals surface area (Å²) in [5, 5.41) is 14.1. The number of rotatable bonds is 7. The Morgan fingerprint density at radius 2 is 2.14 bits per heavy atom. The summed E-state index contributed by atoms with van der Waals surface area (Å²) in [5.74, 6) is -0.0756. The van der Waals surface area contributed by atoms with Crippen molar-refractivity contribution in [3.8, 4) is 0 Å². The molecule has 6 nitrogen and oxygen atoms in total. The second kappa shape index (κ2) is 7.95. The molecule has 0 heterocycles. The monoisotopic (exact) mass is 313 g/mol. The molecule has 0 saturated carbocycles. The van der Waals surface area contributed by atoms with Crippen molar-refractivity contribution >= 4 is 23.2 Å². The lowest BCUT2D eigenvalue weighted by Crippen LogP contribution is -2.39. The van der Waals surface area contributed by atoms with Gasteiger partial charge >= 0.3 is 0 Å². The molecule has 0 radical (unpaired) electrons. The molecule has 1 aromatic rings. The van der Waals surface area contributed by atoms with E-state index in [0.717, 1.165) is 0 Å². The minimum absolute atomic E-state index is 0.00270. The Balaban J connectivity index is 2.79. The van der Waals surface area contributed by atoms with Gasteiger partial charge in [0.2, 0.25) is 5.91 Å². The summed E-state index contributed by atoms with van der Waals surface area (Å²) < 4.78 is 0. The first kappa shape index (κ1) is 17.4. The Morgan fingerprint density at radius 3 is 2.67 bits per heavy atom. The number of halogens is 1. The molecule has 116 valence electrons. The molecule has 0 aromatic heterocycles. The van der Waals surface area contributed by atoms with Crippen LogP contribution in [-0.2, 0) is 11.3 Å². The van der Waals surface area contributed by atoms with Crippen LogP contribution in [0.15, 0.2) is 18.2 Å². The second-order valence-corrected chi connectivity index (χ2v) is 5.47. The number of amides is 1. The molecule has 0 saturated heterocycles. The smallest absolute Gasteiger partial charge is 0.269 e. The van der Waals surface area contributed by atoms with Gasteiger partial charge in [0.15, 0.2) is 0 Å². The maximum Gasteiger partial charge on any atom is 0.269 e. The minimum Gasteiger partial charge on any atom is -0.353 e. The van der Waals surface area contributed by atoms with E-state index in [1.165, 1.54) is 18.2 Å². The van der Waals surface area contributed by atoms with Crippen molar-refractivity contribution in [2.45, 2.75) is 33.4 Å². The largest absolute Gasteiger partial charge is 0.353 e. The molecule has 0 aliphatic carbocycles. The quantitative estimate of drug-likeness (QED) is 0.620. The van der Waals surface area contributed by atoms with E-state index in [9.17, 15) is 14.9 Å². The van der Waals surface area contributed by atoms with Crippen LogP contribution in [0.5, 0.6) is 0 Å². The Morgan fingerprint density at radius 1 is 1.48 bits per heavy atom. The third-order valence-corrected chi connectivity index (χ3v) is 3.27. The zero-order chi connectivity index (χ0) is 16.0. The fourth-order valence-corrected chi connectivity index (χ4v) is 2.06. The summed E-state index contributed by atoms with van der Waals surface area (Å²) in [6.45, 7) is 6.98. The van der Waals surface area contributed by atoms with E-state index in [0.29, 0.717) is 23.7 Å². The summed E-state index contributed by atoms with van der Waals surface area (Å²) in [4.78, 5) is 24.0. The van der Waals surface area contributed by atoms with Gasteiger partial charge in [-0.25, -0.2) is 0 Å². The number of carbonyl (C=O) groups is 1. The normalized spacial score (nSPS) is 11.0. The SMILES string of the molecule is CCN(CC(=O)NC(C)C)Cc1cc([N+](=O)[O-])ccc1Cl. The Hall–Kier alpha value is -1.66. The number of nitro groups is 1. The summed E-state index contributed by atoms with van der Waals surface area (Å²) in [5.41, 5.74) is 0.641. The van der Waals surface area contributed by atoms with Crippen LogP contribution in [0, 0.1) is 10.1 Å². The first-order chi connectivity index (χ1) is 9.83. The highest BCUT2D eigenvalue weighted by Crippen LogP contribution is 2.23. The van der Waals surface area contributed by atoms with Gasteiger partial charge in [-0.1, -0.05) is 18.5 Å². The minimum atomic E-state index is -0.457. The zero-order valence-electron chi connectivity index (χ0n) is 12.4. The van der Waals surface area contributed by atoms with Crippen molar-refractivity contribution in [2.24, 2.45) is 0 Å². The van der Waals surface area contributed by atoms with Crippen LogP contribution in [0.4, 0.5) is 5.69 Å². The lowest BCUT2D eigenvalue weighted by molar-refractivity contribution is -0.384. The van der Waals surface area contributed by atoms with Gasteiger partial charge in [0, 0.05) is 29.7 Å². The highest BCUT2D eigenvalue weighted by atomic mass is 35.5. The fraction of sp³-hybridized carbons (Fsp3) is 0.500. The van der Waals surface area contributed by atoms with Crippen LogP contribution in [-0.4, -0.2) is 34.9 Å². The third-order valence-electron chi connectivity index (χ3n) is 2.90. The lowest BCUT2D eigenvalue weighted by atomic mass is 10.2. The van der Waals surface area contributed by atoms with E-state index in [4.69, 9.17) is 11.6 Å². The molecule has 1 aromatic carbocycles. The molecule has 7 heteroatoms. The van der Waals surface area contributed by atoms with Gasteiger partial charge < -0.3 is 5.32 Å². The molecule has 0 unspecified atom stereocenters. The molecular weight excluding hydrogens is 294 g/mol. The lowest BCUT2D eigenvalue weighted by Gasteiger charge is -2.21. The number of nitro benzene ring substituents is 1. The van der Waals surface area contributed by atoms with Crippen molar-refractivity contribution in [1.82, 2.24) is 10.2 Å². The van der Waals surface area contributed by atoms with E-state index in [1.54, 1.807) is 0 Å². The Bertz CT molecular complexity index is 520. The van der Waals surface area contributed by atoms with Gasteiger partial charge in [-0.2, -0.15) is 0 Å². The van der Waals surface area contributed by atoms with Gasteiger partial charge in [-0.3, -0.25) is 19.8 Å². The van der Waals surface area contributed by atoms with Gasteiger partial charge in [0.1, 0.15) is 0 Å². The van der Waals surface area contributed by atoms with Crippen LogP contribution in [0.3, 0.4) is 0 Å². The van der Waals surface area contributed by atoms with Gasteiger partial charge in [-0.15, -0.1) is 0 Å². The molecule has 0 bridgehead atoms. The molecule has 1 N–H and O–H groups in total. The molecule has 0 atom stereocenters. The first-order valence-corrected chi connectivity index (χ1v) is 7.15. The topological polar surface area (TPSA) is 75.5 Å². The third kappa shape index (κ3) is 5.69. The van der Waals surface area contributed by atoms with E-state index in [1.807, 2.05) is 25.7 Å². The van der Waals surface area contributed by atoms with Gasteiger partial charge in [-0.05, 0) is 32.0 Å². The number of benzene rings is 1. The van der Waals surface area contributed by atoms with E-state index < -0.39 is 4.92 Å². The fourth-order valence-electron chi connectivity index (χ4n) is 1.89. The zero-order valence-corrected chi connectivity index (χ0v) is 13.2. The highest BCUT2D eigenvalue weighted by molar-refractivity contribution is 6.31.